The molecule has 3 aliphatic rings. The zero-order valence-electron chi connectivity index (χ0n) is 23.0. The first-order valence-corrected chi connectivity index (χ1v) is 14.2. The predicted octanol–water partition coefficient (Wildman–Crippen LogP) is 4.92. The van der Waals surface area contributed by atoms with Crippen molar-refractivity contribution in [3.05, 3.63) is 63.2 Å². The molecule has 1 amide bonds. The standard InChI is InChI=1S/C30H35F2N5O3/c1-3-27(38)35-12-7-25-24(18-35)30(33-37(25)21-8-13-40-14-9-21)36-10-4-5-20-15-22(23(29(31)32)17-26(20)36)19-6-11-34(2)28(39)16-19/h6,11,15-17,21,29H,3-5,7-10,12-14,18H2,1-2H3. The molecule has 8 nitrogen and oxygen atoms in total. The molecule has 1 aromatic carbocycles. The van der Waals surface area contributed by atoms with Crippen LogP contribution in [-0.2, 0) is 36.0 Å². The van der Waals surface area contributed by atoms with E-state index in [4.69, 9.17) is 9.84 Å². The number of rotatable bonds is 5. The van der Waals surface area contributed by atoms with Crippen molar-refractivity contribution in [1.82, 2.24) is 19.2 Å². The Balaban J connectivity index is 1.47. The third-order valence-corrected chi connectivity index (χ3v) is 8.53. The molecule has 212 valence electrons. The van der Waals surface area contributed by atoms with Crippen LogP contribution in [0.25, 0.3) is 11.1 Å². The maximum Gasteiger partial charge on any atom is 0.264 e. The molecule has 0 atom stereocenters. The zero-order chi connectivity index (χ0) is 28.0. The van der Waals surface area contributed by atoms with Gasteiger partial charge in [0.1, 0.15) is 0 Å². The van der Waals surface area contributed by atoms with Gasteiger partial charge in [0.15, 0.2) is 5.82 Å². The van der Waals surface area contributed by atoms with Gasteiger partial charge < -0.3 is 19.1 Å². The molecule has 3 aliphatic heterocycles. The molecule has 10 heteroatoms. The van der Waals surface area contributed by atoms with Crippen molar-refractivity contribution in [3.63, 3.8) is 0 Å². The molecule has 0 unspecified atom stereocenters. The minimum absolute atomic E-state index is 0.0978. The van der Waals surface area contributed by atoms with Crippen molar-refractivity contribution < 1.29 is 18.3 Å². The molecule has 3 aromatic rings. The highest BCUT2D eigenvalue weighted by Crippen LogP contribution is 2.43. The molecule has 0 bridgehead atoms. The molecule has 5 heterocycles. The molecule has 2 aromatic heterocycles. The lowest BCUT2D eigenvalue weighted by molar-refractivity contribution is -0.131. The van der Waals surface area contributed by atoms with Crippen LogP contribution in [0.4, 0.5) is 20.3 Å². The van der Waals surface area contributed by atoms with Crippen molar-refractivity contribution >= 4 is 17.4 Å². The van der Waals surface area contributed by atoms with Crippen LogP contribution in [-0.4, -0.2) is 51.5 Å². The number of halogens is 2. The number of hydrogen-bond donors (Lipinski definition) is 0. The highest BCUT2D eigenvalue weighted by atomic mass is 19.3. The molecule has 0 radical (unpaired) electrons. The molecular weight excluding hydrogens is 516 g/mol. The van der Waals surface area contributed by atoms with E-state index in [0.29, 0.717) is 50.4 Å². The van der Waals surface area contributed by atoms with Gasteiger partial charge in [0.25, 0.3) is 12.0 Å². The Bertz CT molecular complexity index is 1490. The van der Waals surface area contributed by atoms with Crippen LogP contribution in [0.2, 0.25) is 0 Å². The van der Waals surface area contributed by atoms with Crippen molar-refractivity contribution in [2.75, 3.05) is 31.2 Å². The van der Waals surface area contributed by atoms with Gasteiger partial charge in [0.05, 0.1) is 12.6 Å². The second kappa shape index (κ2) is 10.8. The Morgan fingerprint density at radius 2 is 1.95 bits per heavy atom. The molecule has 6 rings (SSSR count). The average Bonchev–Trinajstić information content (AvgIpc) is 3.36. The summed E-state index contributed by atoms with van der Waals surface area (Å²) in [4.78, 5) is 28.9. The Labute approximate surface area is 232 Å². The molecule has 40 heavy (non-hydrogen) atoms. The quantitative estimate of drug-likeness (QED) is 0.450. The summed E-state index contributed by atoms with van der Waals surface area (Å²) < 4.78 is 38.2. The number of pyridine rings is 1. The summed E-state index contributed by atoms with van der Waals surface area (Å²) in [6.07, 6.45) is 3.39. The Morgan fingerprint density at radius 3 is 2.67 bits per heavy atom. The van der Waals surface area contributed by atoms with E-state index in [-0.39, 0.29) is 23.1 Å². The fourth-order valence-corrected chi connectivity index (χ4v) is 6.33. The van der Waals surface area contributed by atoms with Crippen molar-refractivity contribution in [2.24, 2.45) is 7.05 Å². The van der Waals surface area contributed by atoms with Crippen LogP contribution in [0.5, 0.6) is 0 Å². The van der Waals surface area contributed by atoms with E-state index in [1.54, 1.807) is 25.4 Å². The summed E-state index contributed by atoms with van der Waals surface area (Å²) >= 11 is 0. The number of ether oxygens (including phenoxy) is 1. The fourth-order valence-electron chi connectivity index (χ4n) is 6.33. The molecule has 1 saturated heterocycles. The number of anilines is 2. The van der Waals surface area contributed by atoms with Crippen LogP contribution in [0.3, 0.4) is 0 Å². The van der Waals surface area contributed by atoms with E-state index in [1.807, 2.05) is 17.9 Å². The maximum atomic E-state index is 14.5. The lowest BCUT2D eigenvalue weighted by atomic mass is 9.92. The van der Waals surface area contributed by atoms with Gasteiger partial charge in [-0.1, -0.05) is 6.92 Å². The van der Waals surface area contributed by atoms with Crippen LogP contribution < -0.4 is 10.5 Å². The summed E-state index contributed by atoms with van der Waals surface area (Å²) in [5, 5.41) is 5.15. The second-order valence-corrected chi connectivity index (χ2v) is 10.9. The minimum Gasteiger partial charge on any atom is -0.381 e. The van der Waals surface area contributed by atoms with Crippen LogP contribution in [0.1, 0.15) is 67.5 Å². The normalized spacial score (nSPS) is 17.7. The van der Waals surface area contributed by atoms with Crippen LogP contribution >= 0.6 is 0 Å². The van der Waals surface area contributed by atoms with Crippen LogP contribution in [0, 0.1) is 0 Å². The number of nitrogens with zero attached hydrogens (tertiary/aromatic N) is 5. The number of hydrogen-bond acceptors (Lipinski definition) is 5. The average molecular weight is 552 g/mol. The van der Waals surface area contributed by atoms with E-state index in [0.717, 1.165) is 60.4 Å². The van der Waals surface area contributed by atoms with Gasteiger partial charge in [-0.25, -0.2) is 8.78 Å². The Hall–Kier alpha value is -3.53. The van der Waals surface area contributed by atoms with E-state index in [2.05, 4.69) is 9.58 Å². The van der Waals surface area contributed by atoms with Gasteiger partial charge in [-0.3, -0.25) is 14.3 Å². The third kappa shape index (κ3) is 4.72. The predicted molar refractivity (Wildman–Crippen MR) is 148 cm³/mol. The van der Waals surface area contributed by atoms with E-state index in [9.17, 15) is 18.4 Å². The number of carbonyl (C=O) groups excluding carboxylic acids is 1. The number of fused-ring (bicyclic) bond motifs is 2. The van der Waals surface area contributed by atoms with Gasteiger partial charge in [0.2, 0.25) is 5.91 Å². The van der Waals surface area contributed by atoms with Gasteiger partial charge in [0, 0.05) is 81.0 Å². The number of aryl methyl sites for hydroxylation is 2. The van der Waals surface area contributed by atoms with E-state index >= 15 is 0 Å². The largest absolute Gasteiger partial charge is 0.381 e. The number of aromatic nitrogens is 3. The third-order valence-electron chi connectivity index (χ3n) is 8.53. The maximum absolute atomic E-state index is 14.5. The van der Waals surface area contributed by atoms with E-state index < -0.39 is 6.43 Å². The first-order chi connectivity index (χ1) is 19.4. The number of alkyl halides is 2. The highest BCUT2D eigenvalue weighted by molar-refractivity contribution is 5.79. The number of carbonyl (C=O) groups is 1. The summed E-state index contributed by atoms with van der Waals surface area (Å²) in [5.41, 5.74) is 4.39. The molecular formula is C30H35F2N5O3. The summed E-state index contributed by atoms with van der Waals surface area (Å²) in [6.45, 7) is 5.02. The highest BCUT2D eigenvalue weighted by Gasteiger charge is 2.34. The zero-order valence-corrected chi connectivity index (χ0v) is 23.0. The van der Waals surface area contributed by atoms with Gasteiger partial charge in [-0.15, -0.1) is 0 Å². The van der Waals surface area contributed by atoms with Crippen LogP contribution in [0.15, 0.2) is 35.3 Å². The number of benzene rings is 1. The summed E-state index contributed by atoms with van der Waals surface area (Å²) in [7, 11) is 1.64. The van der Waals surface area contributed by atoms with Gasteiger partial charge in [-0.2, -0.15) is 5.10 Å². The lowest BCUT2D eigenvalue weighted by Crippen LogP contribution is -2.37. The smallest absolute Gasteiger partial charge is 0.264 e. The van der Waals surface area contributed by atoms with E-state index in [1.165, 1.54) is 10.6 Å². The monoisotopic (exact) mass is 551 g/mol. The van der Waals surface area contributed by atoms with Gasteiger partial charge >= 0.3 is 0 Å². The Morgan fingerprint density at radius 1 is 1.15 bits per heavy atom. The SMILES string of the molecule is CCC(=O)N1CCc2c(c(N3CCCc4cc(-c5ccn(C)c(=O)c5)c(C(F)F)cc43)nn2C2CCOCC2)C1. The molecule has 0 N–H and O–H groups in total. The Kier molecular flexibility index (Phi) is 7.20. The molecule has 1 fully saturated rings. The van der Waals surface area contributed by atoms with Crippen molar-refractivity contribution in [1.29, 1.82) is 0 Å². The topological polar surface area (TPSA) is 72.6 Å². The second-order valence-electron chi connectivity index (χ2n) is 10.9. The molecule has 0 saturated carbocycles. The lowest BCUT2D eigenvalue weighted by Gasteiger charge is -2.33. The molecule has 0 spiro atoms. The molecule has 0 aliphatic carbocycles. The first kappa shape index (κ1) is 26.7. The summed E-state index contributed by atoms with van der Waals surface area (Å²) in [5.74, 6) is 0.866. The fraction of sp³-hybridized carbons (Fsp3) is 0.500. The number of amides is 1. The summed E-state index contributed by atoms with van der Waals surface area (Å²) in [6, 6.07) is 6.75. The van der Waals surface area contributed by atoms with Crippen molar-refractivity contribution in [2.45, 2.75) is 64.5 Å². The first-order valence-electron chi connectivity index (χ1n) is 14.2. The van der Waals surface area contributed by atoms with Gasteiger partial charge in [-0.05, 0) is 60.6 Å². The van der Waals surface area contributed by atoms with Crippen molar-refractivity contribution in [3.8, 4) is 11.1 Å². The minimum atomic E-state index is -2.71.